The van der Waals surface area contributed by atoms with Crippen LogP contribution in [0.3, 0.4) is 0 Å². The predicted molar refractivity (Wildman–Crippen MR) is 95.6 cm³/mol. The highest BCUT2D eigenvalue weighted by molar-refractivity contribution is 5.98. The molecule has 0 saturated heterocycles. The van der Waals surface area contributed by atoms with Crippen LogP contribution in [-0.4, -0.2) is 34.0 Å². The number of H-pyrrole nitrogens is 1. The van der Waals surface area contributed by atoms with E-state index in [2.05, 4.69) is 20.3 Å². The third-order valence-corrected chi connectivity index (χ3v) is 4.70. The van der Waals surface area contributed by atoms with Gasteiger partial charge in [0.05, 0.1) is 5.39 Å². The van der Waals surface area contributed by atoms with Crippen molar-refractivity contribution in [3.63, 3.8) is 0 Å². The number of rotatable bonds is 4. The van der Waals surface area contributed by atoms with Gasteiger partial charge in [-0.05, 0) is 43.4 Å². The fourth-order valence-electron chi connectivity index (χ4n) is 3.36. The van der Waals surface area contributed by atoms with Crippen LogP contribution < -0.4 is 10.1 Å². The van der Waals surface area contributed by atoms with E-state index in [1.165, 1.54) is 19.2 Å². The van der Waals surface area contributed by atoms with Crippen molar-refractivity contribution in [1.29, 1.82) is 0 Å². The first-order valence-corrected chi connectivity index (χ1v) is 8.57. The summed E-state index contributed by atoms with van der Waals surface area (Å²) in [5.41, 5.74) is 3.36. The Morgan fingerprint density at radius 1 is 1.20 bits per heavy atom. The first kappa shape index (κ1) is 15.6. The fraction of sp³-hybridized carbons (Fsp3) is 0.316. The van der Waals surface area contributed by atoms with Crippen molar-refractivity contribution in [2.45, 2.75) is 31.8 Å². The van der Waals surface area contributed by atoms with Gasteiger partial charge in [-0.1, -0.05) is 12.1 Å². The normalized spacial score (nSPS) is 14.8. The molecular weight excluding hydrogens is 316 g/mol. The van der Waals surface area contributed by atoms with Gasteiger partial charge in [0.25, 0.3) is 5.91 Å². The Morgan fingerprint density at radius 2 is 1.96 bits per heavy atom. The summed E-state index contributed by atoms with van der Waals surface area (Å²) in [5.74, 6) is 0.530. The quantitative estimate of drug-likeness (QED) is 0.766. The number of amides is 1. The number of nitrogens with one attached hydrogen (secondary N) is 2. The van der Waals surface area contributed by atoms with Crippen LogP contribution in [0, 0.1) is 0 Å². The van der Waals surface area contributed by atoms with Gasteiger partial charge in [-0.2, -0.15) is 0 Å². The van der Waals surface area contributed by atoms with Crippen LogP contribution in [0.5, 0.6) is 5.88 Å². The van der Waals surface area contributed by atoms with Crippen LogP contribution >= 0.6 is 0 Å². The molecule has 0 aliphatic heterocycles. The summed E-state index contributed by atoms with van der Waals surface area (Å²) in [7, 11) is 1.62. The summed E-state index contributed by atoms with van der Waals surface area (Å²) in [6, 6.07) is 7.49. The van der Waals surface area contributed by atoms with Gasteiger partial charge in [0.1, 0.15) is 18.1 Å². The monoisotopic (exact) mass is 336 g/mol. The van der Waals surface area contributed by atoms with Gasteiger partial charge >= 0.3 is 0 Å². The highest BCUT2D eigenvalue weighted by atomic mass is 16.5. The van der Waals surface area contributed by atoms with E-state index in [1.807, 2.05) is 30.5 Å². The third kappa shape index (κ3) is 2.95. The topological polar surface area (TPSA) is 79.9 Å². The number of aromatic nitrogens is 3. The summed E-state index contributed by atoms with van der Waals surface area (Å²) >= 11 is 0. The lowest BCUT2D eigenvalue weighted by Crippen LogP contribution is -2.17. The second-order valence-corrected chi connectivity index (χ2v) is 6.29. The van der Waals surface area contributed by atoms with E-state index in [-0.39, 0.29) is 12.0 Å². The average Bonchev–Trinajstić information content (AvgIpc) is 3.31. The van der Waals surface area contributed by atoms with Crippen molar-refractivity contribution in [1.82, 2.24) is 20.3 Å². The number of carbonyl (C=O) groups is 1. The molecule has 0 spiro atoms. The van der Waals surface area contributed by atoms with E-state index in [0.29, 0.717) is 11.4 Å². The summed E-state index contributed by atoms with van der Waals surface area (Å²) in [6.45, 7) is 0. The summed E-state index contributed by atoms with van der Waals surface area (Å²) in [5, 5.41) is 3.52. The van der Waals surface area contributed by atoms with Gasteiger partial charge < -0.3 is 15.0 Å². The maximum atomic E-state index is 11.7. The molecule has 4 rings (SSSR count). The first-order chi connectivity index (χ1) is 12.3. The molecule has 1 saturated carbocycles. The van der Waals surface area contributed by atoms with E-state index in [9.17, 15) is 4.79 Å². The third-order valence-electron chi connectivity index (χ3n) is 4.70. The molecule has 2 aromatic heterocycles. The molecule has 6 nitrogen and oxygen atoms in total. The van der Waals surface area contributed by atoms with E-state index < -0.39 is 0 Å². The second kappa shape index (κ2) is 6.55. The van der Waals surface area contributed by atoms with E-state index in [0.717, 1.165) is 35.0 Å². The molecule has 1 fully saturated rings. The minimum atomic E-state index is -0.0981. The Balaban J connectivity index is 1.73. The molecule has 0 bridgehead atoms. The average molecular weight is 336 g/mol. The van der Waals surface area contributed by atoms with Crippen LogP contribution in [0.2, 0.25) is 0 Å². The van der Waals surface area contributed by atoms with Crippen molar-refractivity contribution < 1.29 is 9.53 Å². The molecule has 1 aromatic carbocycles. The molecule has 128 valence electrons. The minimum absolute atomic E-state index is 0.0981. The van der Waals surface area contributed by atoms with E-state index in [1.54, 1.807) is 7.05 Å². The van der Waals surface area contributed by atoms with Crippen molar-refractivity contribution in [3.05, 3.63) is 42.4 Å². The zero-order valence-electron chi connectivity index (χ0n) is 14.1. The van der Waals surface area contributed by atoms with Crippen molar-refractivity contribution in [3.8, 4) is 17.0 Å². The van der Waals surface area contributed by atoms with Crippen LogP contribution in [-0.2, 0) is 0 Å². The number of aromatic amines is 1. The Hall–Kier alpha value is -2.89. The Kier molecular flexibility index (Phi) is 4.09. The van der Waals surface area contributed by atoms with Crippen LogP contribution in [0.1, 0.15) is 36.0 Å². The molecule has 25 heavy (non-hydrogen) atoms. The zero-order chi connectivity index (χ0) is 17.2. The van der Waals surface area contributed by atoms with Gasteiger partial charge in [-0.15, -0.1) is 0 Å². The maximum absolute atomic E-state index is 11.7. The second-order valence-electron chi connectivity index (χ2n) is 6.29. The minimum Gasteiger partial charge on any atom is -0.474 e. The lowest BCUT2D eigenvalue weighted by Gasteiger charge is -2.13. The maximum Gasteiger partial charge on any atom is 0.251 e. The number of hydrogen-bond acceptors (Lipinski definition) is 4. The molecule has 2 N–H and O–H groups in total. The molecule has 1 amide bonds. The van der Waals surface area contributed by atoms with Crippen molar-refractivity contribution in [2.75, 3.05) is 7.05 Å². The van der Waals surface area contributed by atoms with Crippen LogP contribution in [0.4, 0.5) is 0 Å². The lowest BCUT2D eigenvalue weighted by atomic mass is 10.0. The molecule has 0 atom stereocenters. The Labute approximate surface area is 145 Å². The number of fused-ring (bicyclic) bond motifs is 1. The number of ether oxygens (including phenoxy) is 1. The standard InChI is InChI=1S/C19H20N4O2/c1-20-18(24)13-8-6-12(7-9-13)15-10-21-17-16(15)19(23-11-22-17)25-14-4-2-3-5-14/h6-11,14H,2-5H2,1H3,(H,20,24)(H,21,22,23). The van der Waals surface area contributed by atoms with E-state index in [4.69, 9.17) is 4.74 Å². The van der Waals surface area contributed by atoms with Gasteiger partial charge in [-0.3, -0.25) is 4.79 Å². The lowest BCUT2D eigenvalue weighted by molar-refractivity contribution is 0.0963. The first-order valence-electron chi connectivity index (χ1n) is 8.57. The van der Waals surface area contributed by atoms with Crippen molar-refractivity contribution >= 4 is 16.9 Å². The van der Waals surface area contributed by atoms with Crippen LogP contribution in [0.15, 0.2) is 36.8 Å². The molecule has 6 heteroatoms. The molecule has 1 aliphatic carbocycles. The number of carbonyl (C=O) groups excluding carboxylic acids is 1. The number of nitrogens with zero attached hydrogens (tertiary/aromatic N) is 2. The summed E-state index contributed by atoms with van der Waals surface area (Å²) in [4.78, 5) is 23.6. The predicted octanol–water partition coefficient (Wildman–Crippen LogP) is 3.31. The van der Waals surface area contributed by atoms with Crippen molar-refractivity contribution in [2.24, 2.45) is 0 Å². The smallest absolute Gasteiger partial charge is 0.251 e. The molecule has 0 radical (unpaired) electrons. The highest BCUT2D eigenvalue weighted by Crippen LogP contribution is 2.35. The van der Waals surface area contributed by atoms with E-state index >= 15 is 0 Å². The number of hydrogen-bond donors (Lipinski definition) is 2. The molecule has 3 aromatic rings. The fourth-order valence-corrected chi connectivity index (χ4v) is 3.36. The molecule has 0 unspecified atom stereocenters. The molecule has 1 aliphatic rings. The number of benzene rings is 1. The van der Waals surface area contributed by atoms with Crippen LogP contribution in [0.25, 0.3) is 22.2 Å². The molecule has 2 heterocycles. The summed E-state index contributed by atoms with van der Waals surface area (Å²) in [6.07, 6.45) is 8.24. The SMILES string of the molecule is CNC(=O)c1ccc(-c2c[nH]c3ncnc(OC4CCCC4)c23)cc1. The largest absolute Gasteiger partial charge is 0.474 e. The Bertz CT molecular complexity index is 895. The Morgan fingerprint density at radius 3 is 2.68 bits per heavy atom. The highest BCUT2D eigenvalue weighted by Gasteiger charge is 2.20. The summed E-state index contributed by atoms with van der Waals surface area (Å²) < 4.78 is 6.15. The van der Waals surface area contributed by atoms with Gasteiger partial charge in [0, 0.05) is 24.4 Å². The zero-order valence-corrected chi connectivity index (χ0v) is 14.1. The van der Waals surface area contributed by atoms with Gasteiger partial charge in [0.2, 0.25) is 5.88 Å². The van der Waals surface area contributed by atoms with Gasteiger partial charge in [0.15, 0.2) is 0 Å². The van der Waals surface area contributed by atoms with Gasteiger partial charge in [-0.25, -0.2) is 9.97 Å². The molecular formula is C19H20N4O2.